The standard InChI is InChI=1S/C17H19N3O2S/c21-17(20-7-6-12-8-18-9-15(12)20)14-11-23-16(19-14)10-22-13-4-2-1-3-5-13/h1-5,11-12,15,18H,6-10H2/t12-,15+/m1/s1. The summed E-state index contributed by atoms with van der Waals surface area (Å²) in [4.78, 5) is 19.1. The van der Waals surface area contributed by atoms with Gasteiger partial charge in [0.15, 0.2) is 0 Å². The molecule has 2 aliphatic heterocycles. The van der Waals surface area contributed by atoms with E-state index in [0.717, 1.165) is 36.8 Å². The molecule has 0 spiro atoms. The number of amides is 1. The first-order valence-corrected chi connectivity index (χ1v) is 8.83. The van der Waals surface area contributed by atoms with Crippen LogP contribution in [0.1, 0.15) is 21.9 Å². The molecule has 1 aromatic carbocycles. The number of fused-ring (bicyclic) bond motifs is 1. The minimum Gasteiger partial charge on any atom is -0.486 e. The van der Waals surface area contributed by atoms with Crippen molar-refractivity contribution in [3.8, 4) is 5.75 Å². The van der Waals surface area contributed by atoms with Crippen LogP contribution in [0.4, 0.5) is 0 Å². The number of nitrogens with zero attached hydrogens (tertiary/aromatic N) is 2. The first kappa shape index (κ1) is 14.7. The number of nitrogens with one attached hydrogen (secondary N) is 1. The Morgan fingerprint density at radius 2 is 2.22 bits per heavy atom. The van der Waals surface area contributed by atoms with Crippen LogP contribution in [0.25, 0.3) is 0 Å². The third kappa shape index (κ3) is 2.96. The molecule has 2 saturated heterocycles. The third-order valence-corrected chi connectivity index (χ3v) is 5.40. The molecule has 1 aromatic heterocycles. The second-order valence-corrected chi connectivity index (χ2v) is 6.94. The second kappa shape index (κ2) is 6.29. The van der Waals surface area contributed by atoms with E-state index in [1.54, 1.807) is 0 Å². The van der Waals surface area contributed by atoms with Crippen LogP contribution in [0.5, 0.6) is 5.75 Å². The quantitative estimate of drug-likeness (QED) is 0.934. The predicted octanol–water partition coefficient (Wildman–Crippen LogP) is 2.16. The molecule has 1 N–H and O–H groups in total. The van der Waals surface area contributed by atoms with E-state index in [1.165, 1.54) is 11.3 Å². The van der Waals surface area contributed by atoms with Gasteiger partial charge in [-0.2, -0.15) is 0 Å². The average Bonchev–Trinajstić information content (AvgIpc) is 3.29. The number of hydrogen-bond acceptors (Lipinski definition) is 5. The highest BCUT2D eigenvalue weighted by molar-refractivity contribution is 7.09. The third-order valence-electron chi connectivity index (χ3n) is 4.58. The van der Waals surface area contributed by atoms with E-state index in [0.29, 0.717) is 24.3 Å². The Bertz CT molecular complexity index is 688. The maximum Gasteiger partial charge on any atom is 0.273 e. The second-order valence-electron chi connectivity index (χ2n) is 6.00. The molecule has 0 saturated carbocycles. The highest BCUT2D eigenvalue weighted by atomic mass is 32.1. The Morgan fingerprint density at radius 1 is 1.35 bits per heavy atom. The van der Waals surface area contributed by atoms with Crippen LogP contribution in [0, 0.1) is 5.92 Å². The first-order valence-electron chi connectivity index (χ1n) is 7.95. The lowest BCUT2D eigenvalue weighted by Gasteiger charge is -2.22. The highest BCUT2D eigenvalue weighted by Crippen LogP contribution is 2.28. The van der Waals surface area contributed by atoms with Crippen LogP contribution < -0.4 is 10.1 Å². The molecule has 6 heteroatoms. The van der Waals surface area contributed by atoms with Crippen molar-refractivity contribution in [3.63, 3.8) is 0 Å². The summed E-state index contributed by atoms with van der Waals surface area (Å²) in [7, 11) is 0. The maximum absolute atomic E-state index is 12.7. The molecular formula is C17H19N3O2S. The Kier molecular flexibility index (Phi) is 4.01. The van der Waals surface area contributed by atoms with Gasteiger partial charge in [0.05, 0.1) is 0 Å². The summed E-state index contributed by atoms with van der Waals surface area (Å²) in [5.41, 5.74) is 0.550. The van der Waals surface area contributed by atoms with Crippen LogP contribution in [0.2, 0.25) is 0 Å². The summed E-state index contributed by atoms with van der Waals surface area (Å²) in [6.07, 6.45) is 1.09. The maximum atomic E-state index is 12.7. The van der Waals surface area contributed by atoms with Gasteiger partial charge in [-0.1, -0.05) is 18.2 Å². The van der Waals surface area contributed by atoms with E-state index in [2.05, 4.69) is 10.3 Å². The molecule has 0 aliphatic carbocycles. The van der Waals surface area contributed by atoms with Crippen LogP contribution in [0.3, 0.4) is 0 Å². The minimum absolute atomic E-state index is 0.0587. The monoisotopic (exact) mass is 329 g/mol. The Hall–Kier alpha value is -1.92. The fourth-order valence-corrected chi connectivity index (χ4v) is 4.06. The zero-order chi connectivity index (χ0) is 15.6. The number of likely N-dealkylation sites (tertiary alicyclic amines) is 1. The van der Waals surface area contributed by atoms with E-state index in [4.69, 9.17) is 4.74 Å². The van der Waals surface area contributed by atoms with Gasteiger partial charge in [0.1, 0.15) is 23.1 Å². The van der Waals surface area contributed by atoms with E-state index >= 15 is 0 Å². The molecule has 23 heavy (non-hydrogen) atoms. The minimum atomic E-state index is 0.0587. The Morgan fingerprint density at radius 3 is 3.09 bits per heavy atom. The predicted molar refractivity (Wildman–Crippen MR) is 88.7 cm³/mol. The van der Waals surface area contributed by atoms with E-state index in [-0.39, 0.29) is 5.91 Å². The van der Waals surface area contributed by atoms with E-state index < -0.39 is 0 Å². The van der Waals surface area contributed by atoms with E-state index in [1.807, 2.05) is 40.6 Å². The van der Waals surface area contributed by atoms with Crippen molar-refractivity contribution in [2.75, 3.05) is 19.6 Å². The molecule has 4 rings (SSSR count). The lowest BCUT2D eigenvalue weighted by molar-refractivity contribution is 0.0731. The van der Waals surface area contributed by atoms with Gasteiger partial charge in [0.2, 0.25) is 0 Å². The summed E-state index contributed by atoms with van der Waals surface area (Å²) in [6, 6.07) is 9.99. The summed E-state index contributed by atoms with van der Waals surface area (Å²) >= 11 is 1.48. The first-order chi connectivity index (χ1) is 11.3. The molecule has 0 bridgehead atoms. The SMILES string of the molecule is O=C(c1csc(COc2ccccc2)n1)N1CC[C@@H]2CNC[C@@H]21. The normalized spacial score (nSPS) is 23.0. The van der Waals surface area contributed by atoms with Crippen molar-refractivity contribution in [1.29, 1.82) is 0 Å². The van der Waals surface area contributed by atoms with Gasteiger partial charge in [-0.25, -0.2) is 4.98 Å². The molecule has 2 fully saturated rings. The largest absolute Gasteiger partial charge is 0.486 e. The van der Waals surface area contributed by atoms with Gasteiger partial charge in [-0.05, 0) is 24.5 Å². The molecule has 120 valence electrons. The number of thiazole rings is 1. The number of carbonyl (C=O) groups is 1. The molecule has 5 nitrogen and oxygen atoms in total. The molecule has 3 heterocycles. The molecular weight excluding hydrogens is 310 g/mol. The average molecular weight is 329 g/mol. The summed E-state index contributed by atoms with van der Waals surface area (Å²) in [6.45, 7) is 3.19. The van der Waals surface area contributed by atoms with Gasteiger partial charge < -0.3 is 15.0 Å². The fraction of sp³-hybridized carbons (Fsp3) is 0.412. The van der Waals surface area contributed by atoms with Crippen LogP contribution >= 0.6 is 11.3 Å². The van der Waals surface area contributed by atoms with Gasteiger partial charge in [0.25, 0.3) is 5.91 Å². The smallest absolute Gasteiger partial charge is 0.273 e. The molecule has 2 atom stereocenters. The number of hydrogen-bond donors (Lipinski definition) is 1. The number of para-hydroxylation sites is 1. The Labute approximate surface area is 139 Å². The zero-order valence-corrected chi connectivity index (χ0v) is 13.6. The Balaban J connectivity index is 1.40. The molecule has 1 amide bonds. The van der Waals surface area contributed by atoms with Gasteiger partial charge >= 0.3 is 0 Å². The highest BCUT2D eigenvalue weighted by Gasteiger charge is 2.40. The van der Waals surface area contributed by atoms with Crippen molar-refractivity contribution in [1.82, 2.24) is 15.2 Å². The lowest BCUT2D eigenvalue weighted by atomic mass is 10.1. The summed E-state index contributed by atoms with van der Waals surface area (Å²) in [5.74, 6) is 1.48. The number of carbonyl (C=O) groups excluding carboxylic acids is 1. The van der Waals surface area contributed by atoms with Crippen LogP contribution in [-0.2, 0) is 6.61 Å². The molecule has 0 radical (unpaired) electrons. The van der Waals surface area contributed by atoms with Crippen molar-refractivity contribution in [2.24, 2.45) is 5.92 Å². The molecule has 2 aliphatic rings. The summed E-state index contributed by atoms with van der Waals surface area (Å²) in [5, 5.41) is 6.05. The van der Waals surface area contributed by atoms with E-state index in [9.17, 15) is 4.79 Å². The van der Waals surface area contributed by atoms with Gasteiger partial charge in [0, 0.05) is 31.1 Å². The van der Waals surface area contributed by atoms with Gasteiger partial charge in [-0.15, -0.1) is 11.3 Å². The molecule has 0 unspecified atom stereocenters. The lowest BCUT2D eigenvalue weighted by Crippen LogP contribution is -2.39. The summed E-state index contributed by atoms with van der Waals surface area (Å²) < 4.78 is 5.69. The van der Waals surface area contributed by atoms with Gasteiger partial charge in [-0.3, -0.25) is 4.79 Å². The number of benzene rings is 1. The van der Waals surface area contributed by atoms with Crippen molar-refractivity contribution >= 4 is 17.2 Å². The van der Waals surface area contributed by atoms with Crippen LogP contribution in [0.15, 0.2) is 35.7 Å². The molecule has 2 aromatic rings. The fourth-order valence-electron chi connectivity index (χ4n) is 3.39. The topological polar surface area (TPSA) is 54.5 Å². The van der Waals surface area contributed by atoms with Crippen molar-refractivity contribution < 1.29 is 9.53 Å². The number of ether oxygens (including phenoxy) is 1. The number of rotatable bonds is 4. The number of aromatic nitrogens is 1. The van der Waals surface area contributed by atoms with Crippen molar-refractivity contribution in [2.45, 2.75) is 19.1 Å². The van der Waals surface area contributed by atoms with Crippen molar-refractivity contribution in [3.05, 3.63) is 46.4 Å². The van der Waals surface area contributed by atoms with Crippen LogP contribution in [-0.4, -0.2) is 41.5 Å². The zero-order valence-electron chi connectivity index (χ0n) is 12.8.